The van der Waals surface area contributed by atoms with Crippen molar-refractivity contribution in [3.63, 3.8) is 0 Å². The van der Waals surface area contributed by atoms with E-state index >= 15 is 0 Å². The van der Waals surface area contributed by atoms with Crippen LogP contribution in [0.2, 0.25) is 5.02 Å². The monoisotopic (exact) mass is 386 g/mol. The average Bonchev–Trinajstić information content (AvgIpc) is 3.43. The Hall–Kier alpha value is -2.53. The van der Waals surface area contributed by atoms with E-state index in [0.29, 0.717) is 29.4 Å². The zero-order chi connectivity index (χ0) is 19.6. The summed E-state index contributed by atoms with van der Waals surface area (Å²) < 4.78 is 5.28. The molecular formula is C21H23ClN2O3. The summed E-state index contributed by atoms with van der Waals surface area (Å²) in [5, 5.41) is 6.34. The van der Waals surface area contributed by atoms with Gasteiger partial charge in [-0.1, -0.05) is 41.4 Å². The third-order valence-electron chi connectivity index (χ3n) is 4.75. The third-order valence-corrected chi connectivity index (χ3v) is 5.16. The second-order valence-electron chi connectivity index (χ2n) is 6.95. The number of aryl methyl sites for hydroxylation is 2. The van der Waals surface area contributed by atoms with Gasteiger partial charge >= 0.3 is 0 Å². The van der Waals surface area contributed by atoms with E-state index in [1.54, 1.807) is 12.1 Å². The molecule has 0 bridgehead atoms. The fraction of sp³-hybridized carbons (Fsp3) is 0.333. The number of halogens is 1. The molecule has 2 amide bonds. The second-order valence-corrected chi connectivity index (χ2v) is 7.35. The minimum Gasteiger partial charge on any atom is -0.495 e. The quantitative estimate of drug-likeness (QED) is 0.792. The molecule has 0 spiro atoms. The van der Waals surface area contributed by atoms with Gasteiger partial charge in [-0.3, -0.25) is 9.59 Å². The maximum absolute atomic E-state index is 12.5. The lowest BCUT2D eigenvalue weighted by Gasteiger charge is -2.12. The molecule has 5 nitrogen and oxygen atoms in total. The SMILES string of the molecule is COc1cc(Cl)c(C)cc1NC(=O)C1CC1C(=O)NCc1cccc(C)c1. The minimum atomic E-state index is -0.316. The van der Waals surface area contributed by atoms with E-state index in [4.69, 9.17) is 16.3 Å². The summed E-state index contributed by atoms with van der Waals surface area (Å²) in [5.74, 6) is -0.362. The minimum absolute atomic E-state index is 0.0871. The van der Waals surface area contributed by atoms with Gasteiger partial charge in [0, 0.05) is 17.6 Å². The summed E-state index contributed by atoms with van der Waals surface area (Å²) in [4.78, 5) is 24.8. The lowest BCUT2D eigenvalue weighted by molar-refractivity contribution is -0.125. The Bertz CT molecular complexity index is 882. The molecule has 2 unspecified atom stereocenters. The number of benzene rings is 2. The van der Waals surface area contributed by atoms with Gasteiger partial charge in [0.15, 0.2) is 0 Å². The molecule has 1 aliphatic carbocycles. The van der Waals surface area contributed by atoms with Gasteiger partial charge in [-0.15, -0.1) is 0 Å². The number of hydrogen-bond acceptors (Lipinski definition) is 3. The molecule has 6 heteroatoms. The molecule has 0 saturated heterocycles. The number of carbonyl (C=O) groups is 2. The highest BCUT2D eigenvalue weighted by atomic mass is 35.5. The molecule has 3 rings (SSSR count). The number of nitrogens with one attached hydrogen (secondary N) is 2. The molecule has 142 valence electrons. The van der Waals surface area contributed by atoms with Crippen LogP contribution in [-0.2, 0) is 16.1 Å². The van der Waals surface area contributed by atoms with Crippen molar-refractivity contribution >= 4 is 29.1 Å². The van der Waals surface area contributed by atoms with Gasteiger partial charge in [-0.25, -0.2) is 0 Å². The van der Waals surface area contributed by atoms with Crippen molar-refractivity contribution in [1.82, 2.24) is 5.32 Å². The number of ether oxygens (including phenoxy) is 1. The van der Waals surface area contributed by atoms with Crippen LogP contribution >= 0.6 is 11.6 Å². The average molecular weight is 387 g/mol. The largest absolute Gasteiger partial charge is 0.495 e. The van der Waals surface area contributed by atoms with Crippen molar-refractivity contribution in [1.29, 1.82) is 0 Å². The smallest absolute Gasteiger partial charge is 0.228 e. The van der Waals surface area contributed by atoms with Crippen molar-refractivity contribution in [2.24, 2.45) is 11.8 Å². The fourth-order valence-electron chi connectivity index (χ4n) is 3.07. The molecule has 27 heavy (non-hydrogen) atoms. The van der Waals surface area contributed by atoms with E-state index < -0.39 is 0 Å². The van der Waals surface area contributed by atoms with Crippen LogP contribution in [0.4, 0.5) is 5.69 Å². The van der Waals surface area contributed by atoms with E-state index in [1.165, 1.54) is 7.11 Å². The van der Waals surface area contributed by atoms with E-state index in [1.807, 2.05) is 38.1 Å². The van der Waals surface area contributed by atoms with Crippen molar-refractivity contribution in [3.05, 3.63) is 58.1 Å². The highest BCUT2D eigenvalue weighted by Gasteiger charge is 2.48. The number of carbonyl (C=O) groups excluding carboxylic acids is 2. The van der Waals surface area contributed by atoms with Crippen LogP contribution in [-0.4, -0.2) is 18.9 Å². The van der Waals surface area contributed by atoms with Gasteiger partial charge < -0.3 is 15.4 Å². The molecule has 1 fully saturated rings. The first-order valence-electron chi connectivity index (χ1n) is 8.87. The van der Waals surface area contributed by atoms with Gasteiger partial charge in [0.2, 0.25) is 11.8 Å². The Kier molecular flexibility index (Phi) is 5.71. The zero-order valence-electron chi connectivity index (χ0n) is 15.6. The Labute approximate surface area is 164 Å². The third kappa shape index (κ3) is 4.61. The first kappa shape index (κ1) is 19.2. The maximum Gasteiger partial charge on any atom is 0.228 e. The highest BCUT2D eigenvalue weighted by Crippen LogP contribution is 2.40. The van der Waals surface area contributed by atoms with Crippen molar-refractivity contribution in [2.45, 2.75) is 26.8 Å². The normalized spacial score (nSPS) is 17.9. The molecule has 0 heterocycles. The van der Waals surface area contributed by atoms with E-state index in [9.17, 15) is 9.59 Å². The molecule has 0 aliphatic heterocycles. The van der Waals surface area contributed by atoms with Crippen molar-refractivity contribution < 1.29 is 14.3 Å². The maximum atomic E-state index is 12.5. The Morgan fingerprint density at radius 3 is 2.59 bits per heavy atom. The molecule has 0 aromatic heterocycles. The Morgan fingerprint density at radius 2 is 1.89 bits per heavy atom. The number of rotatable bonds is 6. The Balaban J connectivity index is 1.56. The van der Waals surface area contributed by atoms with Gasteiger partial charge in [0.1, 0.15) is 5.75 Å². The molecule has 0 radical (unpaired) electrons. The fourth-order valence-corrected chi connectivity index (χ4v) is 3.23. The molecule has 1 aliphatic rings. The van der Waals surface area contributed by atoms with Gasteiger partial charge in [0.25, 0.3) is 0 Å². The summed E-state index contributed by atoms with van der Waals surface area (Å²) in [6.45, 7) is 4.34. The predicted molar refractivity (Wildman–Crippen MR) is 106 cm³/mol. The second kappa shape index (κ2) is 8.01. The van der Waals surface area contributed by atoms with Crippen LogP contribution in [0, 0.1) is 25.7 Å². The molecule has 2 aromatic rings. The van der Waals surface area contributed by atoms with Crippen LogP contribution in [0.25, 0.3) is 0 Å². The van der Waals surface area contributed by atoms with Crippen molar-refractivity contribution in [2.75, 3.05) is 12.4 Å². The molecule has 2 atom stereocenters. The van der Waals surface area contributed by atoms with E-state index in [-0.39, 0.29) is 23.7 Å². The van der Waals surface area contributed by atoms with E-state index in [2.05, 4.69) is 10.6 Å². The van der Waals surface area contributed by atoms with Crippen molar-refractivity contribution in [3.8, 4) is 5.75 Å². The number of hydrogen-bond donors (Lipinski definition) is 2. The predicted octanol–water partition coefficient (Wildman–Crippen LogP) is 3.86. The van der Waals surface area contributed by atoms with Gasteiger partial charge in [-0.05, 0) is 37.5 Å². The lowest BCUT2D eigenvalue weighted by Crippen LogP contribution is -2.27. The summed E-state index contributed by atoms with van der Waals surface area (Å²) in [5.41, 5.74) is 3.61. The zero-order valence-corrected chi connectivity index (χ0v) is 16.4. The first-order chi connectivity index (χ1) is 12.9. The summed E-state index contributed by atoms with van der Waals surface area (Å²) in [6, 6.07) is 11.4. The molecule has 2 aromatic carbocycles. The number of amides is 2. The number of anilines is 1. The lowest BCUT2D eigenvalue weighted by atomic mass is 10.1. The number of methoxy groups -OCH3 is 1. The van der Waals surface area contributed by atoms with Gasteiger partial charge in [0.05, 0.1) is 24.6 Å². The molecular weight excluding hydrogens is 364 g/mol. The topological polar surface area (TPSA) is 67.4 Å². The van der Waals surface area contributed by atoms with Crippen LogP contribution < -0.4 is 15.4 Å². The summed E-state index contributed by atoms with van der Waals surface area (Å²) in [7, 11) is 1.52. The Morgan fingerprint density at radius 1 is 1.15 bits per heavy atom. The van der Waals surface area contributed by atoms with Crippen LogP contribution in [0.5, 0.6) is 5.75 Å². The van der Waals surface area contributed by atoms with Crippen LogP contribution in [0.3, 0.4) is 0 Å². The van der Waals surface area contributed by atoms with Gasteiger partial charge in [-0.2, -0.15) is 0 Å². The standard InChI is InChI=1S/C21H23ClN2O3/c1-12-5-4-6-14(7-12)11-23-20(25)15-9-16(15)21(26)24-18-8-13(2)17(22)10-19(18)27-3/h4-8,10,15-16H,9,11H2,1-3H3,(H,23,25)(H,24,26). The van der Waals surface area contributed by atoms with Crippen LogP contribution in [0.15, 0.2) is 36.4 Å². The van der Waals surface area contributed by atoms with E-state index in [0.717, 1.165) is 16.7 Å². The molecule has 2 N–H and O–H groups in total. The summed E-state index contributed by atoms with van der Waals surface area (Å²) >= 11 is 6.09. The first-order valence-corrected chi connectivity index (χ1v) is 9.25. The molecule has 1 saturated carbocycles. The van der Waals surface area contributed by atoms with Crippen LogP contribution in [0.1, 0.15) is 23.1 Å². The summed E-state index contributed by atoms with van der Waals surface area (Å²) in [6.07, 6.45) is 0.556. The highest BCUT2D eigenvalue weighted by molar-refractivity contribution is 6.31.